The number of nitrogens with one attached hydrogen (secondary N) is 1. The summed E-state index contributed by atoms with van der Waals surface area (Å²) in [5, 5.41) is 7.32. The van der Waals surface area contributed by atoms with E-state index in [0.717, 1.165) is 56.6 Å². The average Bonchev–Trinajstić information content (AvgIpc) is 3.26. The Hall–Kier alpha value is -2.25. The second-order valence-corrected chi connectivity index (χ2v) is 8.95. The molecular formula is C24H35N5O2. The number of carbonyl (C=O) groups is 1. The lowest BCUT2D eigenvalue weighted by atomic mass is 9.97. The van der Waals surface area contributed by atoms with Gasteiger partial charge < -0.3 is 14.7 Å². The molecule has 2 aliphatic heterocycles. The van der Waals surface area contributed by atoms with Crippen LogP contribution >= 0.6 is 0 Å². The van der Waals surface area contributed by atoms with Crippen molar-refractivity contribution in [2.45, 2.75) is 52.0 Å². The van der Waals surface area contributed by atoms with E-state index in [9.17, 15) is 4.79 Å². The first-order chi connectivity index (χ1) is 15.2. The fraction of sp³-hybridized carbons (Fsp3) is 0.625. The van der Waals surface area contributed by atoms with Gasteiger partial charge >= 0.3 is 0 Å². The van der Waals surface area contributed by atoms with E-state index in [1.165, 1.54) is 32.4 Å². The molecule has 7 heteroatoms. The van der Waals surface area contributed by atoms with Crippen LogP contribution in [0.3, 0.4) is 0 Å². The predicted molar refractivity (Wildman–Crippen MR) is 120 cm³/mol. The molecule has 1 unspecified atom stereocenters. The lowest BCUT2D eigenvalue weighted by molar-refractivity contribution is -0.126. The second kappa shape index (κ2) is 10.9. The van der Waals surface area contributed by atoms with Gasteiger partial charge in [-0.25, -0.2) is 0 Å². The minimum Gasteiger partial charge on any atom is -0.356 e. The van der Waals surface area contributed by atoms with E-state index >= 15 is 0 Å². The molecule has 1 amide bonds. The zero-order valence-corrected chi connectivity index (χ0v) is 18.7. The van der Waals surface area contributed by atoms with Crippen LogP contribution in [-0.2, 0) is 11.3 Å². The van der Waals surface area contributed by atoms with E-state index in [4.69, 9.17) is 4.52 Å². The minimum absolute atomic E-state index is 0.0440. The van der Waals surface area contributed by atoms with Gasteiger partial charge in [-0.2, -0.15) is 4.98 Å². The first-order valence-corrected chi connectivity index (χ1v) is 11.8. The molecule has 2 aliphatic rings. The average molecular weight is 426 g/mol. The molecule has 0 aliphatic carbocycles. The molecule has 2 saturated heterocycles. The number of piperidine rings is 2. The summed E-state index contributed by atoms with van der Waals surface area (Å²) in [6.07, 6.45) is 7.00. The summed E-state index contributed by atoms with van der Waals surface area (Å²) in [5.41, 5.74) is 2.13. The molecule has 1 aromatic carbocycles. The van der Waals surface area contributed by atoms with Crippen LogP contribution in [0.4, 0.5) is 0 Å². The van der Waals surface area contributed by atoms with Crippen molar-refractivity contribution in [2.75, 3.05) is 39.3 Å². The maximum Gasteiger partial charge on any atom is 0.241 e. The predicted octanol–water partition coefficient (Wildman–Crippen LogP) is 3.25. The van der Waals surface area contributed by atoms with E-state index in [1.54, 1.807) is 0 Å². The fourth-order valence-corrected chi connectivity index (χ4v) is 4.70. The lowest BCUT2D eigenvalue weighted by Crippen LogP contribution is -2.43. The van der Waals surface area contributed by atoms with E-state index < -0.39 is 0 Å². The summed E-state index contributed by atoms with van der Waals surface area (Å²) >= 11 is 0. The van der Waals surface area contributed by atoms with Crippen molar-refractivity contribution in [1.29, 1.82) is 0 Å². The first-order valence-electron chi connectivity index (χ1n) is 11.8. The topological polar surface area (TPSA) is 74.5 Å². The molecule has 1 N–H and O–H groups in total. The number of nitrogens with zero attached hydrogens (tertiary/aromatic N) is 4. The molecule has 0 saturated carbocycles. The minimum atomic E-state index is 0.0440. The third-order valence-corrected chi connectivity index (χ3v) is 6.49. The van der Waals surface area contributed by atoms with Crippen LogP contribution in [0.15, 0.2) is 28.8 Å². The third-order valence-electron chi connectivity index (χ3n) is 6.49. The van der Waals surface area contributed by atoms with E-state index in [0.29, 0.717) is 18.3 Å². The number of aromatic nitrogens is 2. The Morgan fingerprint density at radius 3 is 2.77 bits per heavy atom. The van der Waals surface area contributed by atoms with Crippen LogP contribution in [0, 0.1) is 12.8 Å². The number of likely N-dealkylation sites (tertiary alicyclic amines) is 2. The number of carbonyl (C=O) groups excluding carboxylic acids is 1. The number of hydrogen-bond acceptors (Lipinski definition) is 6. The second-order valence-electron chi connectivity index (χ2n) is 8.95. The van der Waals surface area contributed by atoms with Crippen LogP contribution in [0.5, 0.6) is 0 Å². The Morgan fingerprint density at radius 2 is 1.94 bits per heavy atom. The molecule has 1 atom stereocenters. The highest BCUT2D eigenvalue weighted by atomic mass is 16.5. The Labute approximate surface area is 185 Å². The summed E-state index contributed by atoms with van der Waals surface area (Å²) in [6, 6.07) is 8.05. The maximum absolute atomic E-state index is 12.7. The molecule has 7 nitrogen and oxygen atoms in total. The summed E-state index contributed by atoms with van der Waals surface area (Å²) in [4.78, 5) is 22.0. The van der Waals surface area contributed by atoms with Crippen LogP contribution in [0.25, 0.3) is 11.4 Å². The number of benzene rings is 1. The van der Waals surface area contributed by atoms with Crippen molar-refractivity contribution in [1.82, 2.24) is 25.3 Å². The lowest BCUT2D eigenvalue weighted by Gasteiger charge is -2.31. The Kier molecular flexibility index (Phi) is 7.70. The Morgan fingerprint density at radius 1 is 1.13 bits per heavy atom. The largest absolute Gasteiger partial charge is 0.356 e. The van der Waals surface area contributed by atoms with Gasteiger partial charge in [0.1, 0.15) is 0 Å². The summed E-state index contributed by atoms with van der Waals surface area (Å²) in [7, 11) is 0. The molecule has 168 valence electrons. The first kappa shape index (κ1) is 22.0. The van der Waals surface area contributed by atoms with Gasteiger partial charge in [0.15, 0.2) is 0 Å². The summed E-state index contributed by atoms with van der Waals surface area (Å²) in [5.74, 6) is 1.48. The number of amides is 1. The van der Waals surface area contributed by atoms with Crippen molar-refractivity contribution in [2.24, 2.45) is 5.92 Å². The normalized spacial score (nSPS) is 20.6. The molecule has 2 aromatic rings. The highest BCUT2D eigenvalue weighted by molar-refractivity contribution is 5.78. The zero-order chi connectivity index (χ0) is 21.5. The van der Waals surface area contributed by atoms with E-state index in [1.807, 2.05) is 31.2 Å². The van der Waals surface area contributed by atoms with Crippen molar-refractivity contribution in [3.05, 3.63) is 35.7 Å². The molecule has 2 fully saturated rings. The Bertz CT molecular complexity index is 846. The molecule has 4 rings (SSSR count). The van der Waals surface area contributed by atoms with Gasteiger partial charge in [0, 0.05) is 18.7 Å². The SMILES string of the molecule is Cc1ccccc1-c1noc(CN2CCCC(C(=O)NCCCN3CCCCC3)C2)n1. The van der Waals surface area contributed by atoms with Crippen LogP contribution in [0.2, 0.25) is 0 Å². The Balaban J connectivity index is 1.22. The maximum atomic E-state index is 12.7. The fourth-order valence-electron chi connectivity index (χ4n) is 4.70. The highest BCUT2D eigenvalue weighted by Gasteiger charge is 2.27. The summed E-state index contributed by atoms with van der Waals surface area (Å²) < 4.78 is 5.50. The quantitative estimate of drug-likeness (QED) is 0.655. The molecule has 0 bridgehead atoms. The van der Waals surface area contributed by atoms with Crippen molar-refractivity contribution < 1.29 is 9.32 Å². The smallest absolute Gasteiger partial charge is 0.241 e. The van der Waals surface area contributed by atoms with Gasteiger partial charge in [-0.1, -0.05) is 35.8 Å². The zero-order valence-electron chi connectivity index (χ0n) is 18.7. The molecule has 1 aromatic heterocycles. The standard InChI is InChI=1S/C24H35N5O2/c1-19-9-3-4-11-21(19)23-26-22(31-27-23)18-29-15-7-10-20(17-29)24(30)25-12-8-16-28-13-5-2-6-14-28/h3-4,9,11,20H,2,5-8,10,12-18H2,1H3,(H,25,30). The molecule has 0 spiro atoms. The van der Waals surface area contributed by atoms with Gasteiger partial charge in [0.05, 0.1) is 12.5 Å². The van der Waals surface area contributed by atoms with Gasteiger partial charge in [-0.15, -0.1) is 0 Å². The van der Waals surface area contributed by atoms with Crippen molar-refractivity contribution in [3.63, 3.8) is 0 Å². The van der Waals surface area contributed by atoms with Gasteiger partial charge in [0.25, 0.3) is 0 Å². The molecule has 3 heterocycles. The van der Waals surface area contributed by atoms with Crippen LogP contribution in [-0.4, -0.2) is 65.1 Å². The van der Waals surface area contributed by atoms with Crippen LogP contribution < -0.4 is 5.32 Å². The van der Waals surface area contributed by atoms with Gasteiger partial charge in [-0.05, 0) is 70.8 Å². The molecule has 0 radical (unpaired) electrons. The van der Waals surface area contributed by atoms with E-state index in [2.05, 4.69) is 25.3 Å². The van der Waals surface area contributed by atoms with Crippen molar-refractivity contribution >= 4 is 5.91 Å². The number of aryl methyl sites for hydroxylation is 1. The third kappa shape index (κ3) is 6.14. The van der Waals surface area contributed by atoms with Gasteiger partial charge in [-0.3, -0.25) is 9.69 Å². The van der Waals surface area contributed by atoms with Crippen LogP contribution in [0.1, 0.15) is 50.0 Å². The molecule has 31 heavy (non-hydrogen) atoms. The monoisotopic (exact) mass is 425 g/mol. The molecular weight excluding hydrogens is 390 g/mol. The number of rotatable bonds is 8. The van der Waals surface area contributed by atoms with E-state index in [-0.39, 0.29) is 11.8 Å². The van der Waals surface area contributed by atoms with Gasteiger partial charge in [0.2, 0.25) is 17.6 Å². The highest BCUT2D eigenvalue weighted by Crippen LogP contribution is 2.22. The summed E-state index contributed by atoms with van der Waals surface area (Å²) in [6.45, 7) is 8.65. The van der Waals surface area contributed by atoms with Crippen molar-refractivity contribution in [3.8, 4) is 11.4 Å². The number of hydrogen-bond donors (Lipinski definition) is 1.